The third-order valence-corrected chi connectivity index (χ3v) is 4.17. The van der Waals surface area contributed by atoms with Crippen molar-refractivity contribution in [2.24, 2.45) is 5.92 Å². The number of methoxy groups -OCH3 is 1. The summed E-state index contributed by atoms with van der Waals surface area (Å²) in [5.74, 6) is 1.61. The number of aryl methyl sites for hydroxylation is 1. The van der Waals surface area contributed by atoms with E-state index >= 15 is 0 Å². The summed E-state index contributed by atoms with van der Waals surface area (Å²) in [5, 5.41) is 0. The number of para-hydroxylation sites is 1. The van der Waals surface area contributed by atoms with Crippen molar-refractivity contribution in [2.75, 3.05) is 31.7 Å². The number of aromatic nitrogens is 2. The number of benzene rings is 1. The molecule has 128 valence electrons. The quantitative estimate of drug-likeness (QED) is 0.842. The zero-order valence-electron chi connectivity index (χ0n) is 14.0. The fourth-order valence-electron chi connectivity index (χ4n) is 2.97. The van der Waals surface area contributed by atoms with Gasteiger partial charge >= 0.3 is 0 Å². The maximum Gasteiger partial charge on any atom is 0.257 e. The number of nitrogens with zero attached hydrogens (tertiary/aromatic N) is 3. The first kappa shape index (κ1) is 16.5. The third-order valence-electron chi connectivity index (χ3n) is 4.17. The highest BCUT2D eigenvalue weighted by Gasteiger charge is 2.24. The summed E-state index contributed by atoms with van der Waals surface area (Å²) < 4.78 is 24.7. The Kier molecular flexibility index (Phi) is 5.13. The van der Waals surface area contributed by atoms with Crippen molar-refractivity contribution in [3.63, 3.8) is 0 Å². The number of hydrogen-bond acceptors (Lipinski definition) is 5. The van der Waals surface area contributed by atoms with Crippen LogP contribution in [0.5, 0.6) is 11.6 Å². The number of rotatable bonds is 5. The van der Waals surface area contributed by atoms with Crippen molar-refractivity contribution in [2.45, 2.75) is 19.8 Å². The number of halogens is 1. The van der Waals surface area contributed by atoms with Gasteiger partial charge in [0.1, 0.15) is 0 Å². The van der Waals surface area contributed by atoms with Crippen LogP contribution in [0.15, 0.2) is 30.5 Å². The Labute approximate surface area is 141 Å². The number of hydrogen-bond donors (Lipinski definition) is 0. The Hall–Kier alpha value is -2.37. The molecule has 0 bridgehead atoms. The Balaban J connectivity index is 1.66. The van der Waals surface area contributed by atoms with Gasteiger partial charge in [-0.3, -0.25) is 0 Å². The third kappa shape index (κ3) is 3.75. The molecule has 1 saturated heterocycles. The predicted octanol–water partition coefficient (Wildman–Crippen LogP) is 3.23. The molecule has 1 unspecified atom stereocenters. The monoisotopic (exact) mass is 331 g/mol. The molecule has 0 amide bonds. The molecule has 2 aromatic rings. The molecule has 1 fully saturated rings. The smallest absolute Gasteiger partial charge is 0.257 e. The van der Waals surface area contributed by atoms with E-state index < -0.39 is 0 Å². The lowest BCUT2D eigenvalue weighted by atomic mass is 9.99. The highest BCUT2D eigenvalue weighted by molar-refractivity contribution is 5.49. The van der Waals surface area contributed by atoms with Crippen LogP contribution in [0.3, 0.4) is 0 Å². The van der Waals surface area contributed by atoms with Gasteiger partial charge in [-0.2, -0.15) is 0 Å². The average molecular weight is 331 g/mol. The largest absolute Gasteiger partial charge is 0.490 e. The molecule has 0 N–H and O–H groups in total. The van der Waals surface area contributed by atoms with Crippen LogP contribution in [0.25, 0.3) is 0 Å². The van der Waals surface area contributed by atoms with E-state index in [1.807, 2.05) is 6.92 Å². The van der Waals surface area contributed by atoms with Gasteiger partial charge in [0.25, 0.3) is 5.88 Å². The van der Waals surface area contributed by atoms with E-state index in [0.717, 1.165) is 37.4 Å². The number of piperidine rings is 1. The van der Waals surface area contributed by atoms with Crippen LogP contribution in [0.1, 0.15) is 18.5 Å². The van der Waals surface area contributed by atoms with Gasteiger partial charge in [-0.25, -0.2) is 14.4 Å². The molecule has 1 aromatic carbocycles. The molecule has 1 atom stereocenters. The minimum absolute atomic E-state index is 0.308. The lowest BCUT2D eigenvalue weighted by Crippen LogP contribution is -2.38. The van der Waals surface area contributed by atoms with Gasteiger partial charge in [0.05, 0.1) is 25.6 Å². The molecule has 24 heavy (non-hydrogen) atoms. The van der Waals surface area contributed by atoms with Gasteiger partial charge in [0, 0.05) is 19.0 Å². The Bertz CT molecular complexity index is 696. The highest BCUT2D eigenvalue weighted by Crippen LogP contribution is 2.28. The molecule has 1 aliphatic heterocycles. The first-order valence-electron chi connectivity index (χ1n) is 8.17. The number of anilines is 1. The fourth-order valence-corrected chi connectivity index (χ4v) is 2.97. The van der Waals surface area contributed by atoms with E-state index in [4.69, 9.17) is 9.47 Å². The topological polar surface area (TPSA) is 47.5 Å². The molecular formula is C18H22FN3O2. The molecular weight excluding hydrogens is 309 g/mol. The van der Waals surface area contributed by atoms with E-state index in [1.54, 1.807) is 31.5 Å². The second-order valence-corrected chi connectivity index (χ2v) is 6.04. The van der Waals surface area contributed by atoms with Crippen molar-refractivity contribution < 1.29 is 13.9 Å². The lowest BCUT2D eigenvalue weighted by molar-refractivity contribution is 0.220. The minimum Gasteiger partial charge on any atom is -0.490 e. The summed E-state index contributed by atoms with van der Waals surface area (Å²) in [5.41, 5.74) is 0.857. The maximum atomic E-state index is 13.7. The standard InChI is InChI=1S/C18H22FN3O2/c1-13-10-20-18(23-2)17(21-13)22-9-5-6-14(11-22)12-24-16-8-4-3-7-15(16)19/h3-4,7-8,10,14H,5-6,9,11-12H2,1-2H3. The SMILES string of the molecule is COc1ncc(C)nc1N1CCCC(COc2ccccc2F)C1. The molecule has 3 rings (SSSR count). The molecule has 0 spiro atoms. The van der Waals surface area contributed by atoms with Crippen LogP contribution in [0.4, 0.5) is 10.2 Å². The second kappa shape index (κ2) is 7.47. The normalized spacial score (nSPS) is 17.6. The summed E-state index contributed by atoms with van der Waals surface area (Å²) in [6.07, 6.45) is 3.78. The minimum atomic E-state index is -0.323. The lowest BCUT2D eigenvalue weighted by Gasteiger charge is -2.33. The molecule has 0 aliphatic carbocycles. The van der Waals surface area contributed by atoms with Crippen molar-refractivity contribution in [1.82, 2.24) is 9.97 Å². The Morgan fingerprint density at radius 2 is 2.17 bits per heavy atom. The first-order chi connectivity index (χ1) is 11.7. The van der Waals surface area contributed by atoms with Gasteiger partial charge in [-0.15, -0.1) is 0 Å². The van der Waals surface area contributed by atoms with Gasteiger partial charge < -0.3 is 14.4 Å². The zero-order valence-corrected chi connectivity index (χ0v) is 14.0. The maximum absolute atomic E-state index is 13.7. The van der Waals surface area contributed by atoms with Crippen molar-refractivity contribution >= 4 is 5.82 Å². The van der Waals surface area contributed by atoms with E-state index in [1.165, 1.54) is 6.07 Å². The second-order valence-electron chi connectivity index (χ2n) is 6.04. The van der Waals surface area contributed by atoms with Crippen LogP contribution in [-0.2, 0) is 0 Å². The predicted molar refractivity (Wildman–Crippen MR) is 90.2 cm³/mol. The number of ether oxygens (including phenoxy) is 2. The summed E-state index contributed by atoms with van der Waals surface area (Å²) in [7, 11) is 1.60. The van der Waals surface area contributed by atoms with Crippen LogP contribution in [-0.4, -0.2) is 36.8 Å². The Morgan fingerprint density at radius 1 is 1.33 bits per heavy atom. The molecule has 6 heteroatoms. The molecule has 0 saturated carbocycles. The zero-order chi connectivity index (χ0) is 16.9. The fraction of sp³-hybridized carbons (Fsp3) is 0.444. The van der Waals surface area contributed by atoms with E-state index in [-0.39, 0.29) is 5.82 Å². The summed E-state index contributed by atoms with van der Waals surface area (Å²) in [6.45, 7) is 4.10. The Morgan fingerprint density at radius 3 is 2.96 bits per heavy atom. The van der Waals surface area contributed by atoms with Crippen molar-refractivity contribution in [1.29, 1.82) is 0 Å². The summed E-state index contributed by atoms with van der Waals surface area (Å²) >= 11 is 0. The summed E-state index contributed by atoms with van der Waals surface area (Å²) in [6, 6.07) is 6.51. The van der Waals surface area contributed by atoms with Gasteiger partial charge in [0.2, 0.25) is 0 Å². The van der Waals surface area contributed by atoms with E-state index in [9.17, 15) is 4.39 Å². The summed E-state index contributed by atoms with van der Waals surface area (Å²) in [4.78, 5) is 11.0. The van der Waals surface area contributed by atoms with E-state index in [2.05, 4.69) is 14.9 Å². The molecule has 2 heterocycles. The van der Waals surface area contributed by atoms with Crippen molar-refractivity contribution in [3.8, 4) is 11.6 Å². The average Bonchev–Trinajstić information content (AvgIpc) is 2.61. The van der Waals surface area contributed by atoms with Crippen LogP contribution in [0, 0.1) is 18.7 Å². The molecule has 1 aliphatic rings. The molecule has 1 aromatic heterocycles. The van der Waals surface area contributed by atoms with E-state index in [0.29, 0.717) is 24.2 Å². The van der Waals surface area contributed by atoms with Crippen LogP contribution in [0.2, 0.25) is 0 Å². The highest BCUT2D eigenvalue weighted by atomic mass is 19.1. The first-order valence-corrected chi connectivity index (χ1v) is 8.17. The van der Waals surface area contributed by atoms with Crippen LogP contribution >= 0.6 is 0 Å². The molecule has 0 radical (unpaired) electrons. The van der Waals surface area contributed by atoms with Crippen molar-refractivity contribution in [3.05, 3.63) is 42.0 Å². The van der Waals surface area contributed by atoms with Gasteiger partial charge in [-0.1, -0.05) is 12.1 Å². The van der Waals surface area contributed by atoms with Crippen LogP contribution < -0.4 is 14.4 Å². The molecule has 5 nitrogen and oxygen atoms in total. The van der Waals surface area contributed by atoms with Gasteiger partial charge in [-0.05, 0) is 31.9 Å². The van der Waals surface area contributed by atoms with Gasteiger partial charge in [0.15, 0.2) is 17.4 Å².